The number of carbonyl (C=O) groups excluding carboxylic acids is 1. The van der Waals surface area contributed by atoms with Crippen LogP contribution in [-0.2, 0) is 24.1 Å². The Morgan fingerprint density at radius 2 is 1.58 bits per heavy atom. The normalized spacial score (nSPS) is 12.2. The van der Waals surface area contributed by atoms with Crippen LogP contribution in [0.3, 0.4) is 0 Å². The molecule has 0 aliphatic carbocycles. The van der Waals surface area contributed by atoms with Crippen LogP contribution in [-0.4, -0.2) is 24.6 Å². The van der Waals surface area contributed by atoms with E-state index >= 15 is 0 Å². The summed E-state index contributed by atoms with van der Waals surface area (Å²) in [4.78, 5) is 14.9. The number of ether oxygens (including phenoxy) is 2. The molecule has 0 saturated heterocycles. The molecule has 4 aromatic carbocycles. The molecule has 226 valence electrons. The Kier molecular flexibility index (Phi) is 10.4. The Labute approximate surface area is 255 Å². The Morgan fingerprint density at radius 3 is 2.21 bits per heavy atom. The lowest BCUT2D eigenvalue weighted by atomic mass is 9.92. The number of rotatable bonds is 10. The molecule has 0 aromatic heterocycles. The van der Waals surface area contributed by atoms with Crippen molar-refractivity contribution in [1.29, 1.82) is 0 Å². The minimum Gasteiger partial charge on any atom is -0.496 e. The van der Waals surface area contributed by atoms with Gasteiger partial charge in [0.25, 0.3) is 0 Å². The third-order valence-electron chi connectivity index (χ3n) is 7.15. The van der Waals surface area contributed by atoms with Crippen LogP contribution in [0.25, 0.3) is 11.1 Å². The monoisotopic (exact) mass is 610 g/mol. The van der Waals surface area contributed by atoms with E-state index in [9.17, 15) is 18.0 Å². The van der Waals surface area contributed by atoms with Crippen LogP contribution in [0, 0.1) is 0 Å². The molecule has 0 fully saturated rings. The van der Waals surface area contributed by atoms with E-state index in [-0.39, 0.29) is 31.2 Å². The van der Waals surface area contributed by atoms with Crippen molar-refractivity contribution < 1.29 is 27.4 Å². The molecule has 1 unspecified atom stereocenters. The molecule has 43 heavy (non-hydrogen) atoms. The topological polar surface area (TPSA) is 64.8 Å². The smallest absolute Gasteiger partial charge is 0.416 e. The maximum atomic E-state index is 13.9. The van der Waals surface area contributed by atoms with Crippen molar-refractivity contribution in [1.82, 2.24) is 4.90 Å². The number of hydrogen-bond donors (Lipinski definition) is 1. The van der Waals surface area contributed by atoms with Crippen molar-refractivity contribution in [2.24, 2.45) is 5.73 Å². The lowest BCUT2D eigenvalue weighted by Gasteiger charge is -2.27. The SMILES string of the molecule is COc1ccc(C(C)C)cc1-c1ccc(C(F)(F)F)cc1CN(CC(N)c1ccc(Cl)cc1)C(=O)OCc1ccccc1. The number of nitrogens with zero attached hydrogens (tertiary/aromatic N) is 1. The van der Waals surface area contributed by atoms with Gasteiger partial charge in [0, 0.05) is 29.7 Å². The minimum absolute atomic E-state index is 0.00788. The van der Waals surface area contributed by atoms with E-state index < -0.39 is 23.9 Å². The Morgan fingerprint density at radius 1 is 0.907 bits per heavy atom. The van der Waals surface area contributed by atoms with E-state index in [1.807, 2.05) is 56.3 Å². The van der Waals surface area contributed by atoms with Crippen molar-refractivity contribution in [2.45, 2.75) is 45.1 Å². The second kappa shape index (κ2) is 14.0. The highest BCUT2D eigenvalue weighted by Gasteiger charge is 2.32. The highest BCUT2D eigenvalue weighted by molar-refractivity contribution is 6.30. The summed E-state index contributed by atoms with van der Waals surface area (Å²) >= 11 is 6.03. The van der Waals surface area contributed by atoms with E-state index in [1.54, 1.807) is 30.3 Å². The highest BCUT2D eigenvalue weighted by Crippen LogP contribution is 2.39. The van der Waals surface area contributed by atoms with Gasteiger partial charge in [-0.2, -0.15) is 13.2 Å². The first kappa shape index (κ1) is 31.9. The molecule has 0 radical (unpaired) electrons. The van der Waals surface area contributed by atoms with Crippen molar-refractivity contribution >= 4 is 17.7 Å². The molecule has 9 heteroatoms. The van der Waals surface area contributed by atoms with Gasteiger partial charge in [-0.05, 0) is 70.1 Å². The molecule has 0 bridgehead atoms. The van der Waals surface area contributed by atoms with Gasteiger partial charge in [-0.15, -0.1) is 0 Å². The van der Waals surface area contributed by atoms with Crippen molar-refractivity contribution in [2.75, 3.05) is 13.7 Å². The van der Waals surface area contributed by atoms with Crippen LogP contribution >= 0.6 is 11.6 Å². The third-order valence-corrected chi connectivity index (χ3v) is 7.40. The van der Waals surface area contributed by atoms with E-state index in [0.717, 1.165) is 23.3 Å². The van der Waals surface area contributed by atoms with Crippen molar-refractivity contribution in [3.63, 3.8) is 0 Å². The zero-order valence-corrected chi connectivity index (χ0v) is 25.0. The van der Waals surface area contributed by atoms with E-state index in [4.69, 9.17) is 26.8 Å². The van der Waals surface area contributed by atoms with Crippen molar-refractivity contribution in [3.8, 4) is 16.9 Å². The molecule has 0 saturated carbocycles. The molecular weight excluding hydrogens is 577 g/mol. The summed E-state index contributed by atoms with van der Waals surface area (Å²) < 4.78 is 53.0. The fourth-order valence-electron chi connectivity index (χ4n) is 4.73. The first-order valence-corrected chi connectivity index (χ1v) is 14.2. The quantitative estimate of drug-likeness (QED) is 0.195. The Hall–Kier alpha value is -4.01. The number of alkyl halides is 3. The molecule has 2 N–H and O–H groups in total. The van der Waals surface area contributed by atoms with Gasteiger partial charge < -0.3 is 20.1 Å². The average Bonchev–Trinajstić information content (AvgIpc) is 2.99. The summed E-state index contributed by atoms with van der Waals surface area (Å²) in [6, 6.07) is 24.5. The lowest BCUT2D eigenvalue weighted by Crippen LogP contribution is -2.37. The van der Waals surface area contributed by atoms with Gasteiger partial charge in [0.05, 0.1) is 12.7 Å². The minimum atomic E-state index is -4.59. The molecule has 0 aliphatic rings. The molecule has 4 rings (SSSR count). The molecule has 0 spiro atoms. The number of hydrogen-bond acceptors (Lipinski definition) is 4. The summed E-state index contributed by atoms with van der Waals surface area (Å²) in [6.07, 6.45) is -5.30. The summed E-state index contributed by atoms with van der Waals surface area (Å²) in [6.45, 7) is 3.84. The van der Waals surface area contributed by atoms with Crippen LogP contribution in [0.2, 0.25) is 5.02 Å². The van der Waals surface area contributed by atoms with Crippen LogP contribution in [0.1, 0.15) is 53.6 Å². The second-order valence-electron chi connectivity index (χ2n) is 10.6. The van der Waals surface area contributed by atoms with Crippen LogP contribution in [0.15, 0.2) is 91.0 Å². The average molecular weight is 611 g/mol. The Bertz CT molecular complexity index is 1530. The predicted octanol–water partition coefficient (Wildman–Crippen LogP) is 9.00. The van der Waals surface area contributed by atoms with Crippen LogP contribution in [0.5, 0.6) is 5.75 Å². The van der Waals surface area contributed by atoms with Gasteiger partial charge in [0.2, 0.25) is 0 Å². The van der Waals surface area contributed by atoms with E-state index in [0.29, 0.717) is 27.5 Å². The number of methoxy groups -OCH3 is 1. The molecule has 4 aromatic rings. The fraction of sp³-hybridized carbons (Fsp3) is 0.265. The Balaban J connectivity index is 1.76. The lowest BCUT2D eigenvalue weighted by molar-refractivity contribution is -0.137. The zero-order valence-electron chi connectivity index (χ0n) is 24.2. The number of amides is 1. The standard InChI is InChI=1S/C34H34ClF3N2O3/c1-22(2)25-11-16-32(42-3)30(18-25)29-15-12-27(34(36,37)38)17-26(29)19-40(20-31(39)24-9-13-28(35)14-10-24)33(41)43-21-23-7-5-4-6-8-23/h4-18,22,31H,19-21,39H2,1-3H3. The number of benzene rings is 4. The first-order valence-electron chi connectivity index (χ1n) is 13.8. The summed E-state index contributed by atoms with van der Waals surface area (Å²) in [7, 11) is 1.51. The van der Waals surface area contributed by atoms with Crippen LogP contribution in [0.4, 0.5) is 18.0 Å². The summed E-state index contributed by atoms with van der Waals surface area (Å²) in [5.41, 5.74) is 9.54. The molecule has 5 nitrogen and oxygen atoms in total. The molecule has 0 heterocycles. The van der Waals surface area contributed by atoms with Crippen LogP contribution < -0.4 is 10.5 Å². The molecule has 1 atom stereocenters. The summed E-state index contributed by atoms with van der Waals surface area (Å²) in [5, 5.41) is 0.529. The number of carbonyl (C=O) groups is 1. The molecular formula is C34H34ClF3N2O3. The fourth-order valence-corrected chi connectivity index (χ4v) is 4.86. The molecule has 0 aliphatic heterocycles. The molecule has 1 amide bonds. The van der Waals surface area contributed by atoms with E-state index in [2.05, 4.69) is 0 Å². The van der Waals surface area contributed by atoms with Crippen molar-refractivity contribution in [3.05, 3.63) is 124 Å². The van der Waals surface area contributed by atoms with Gasteiger partial charge in [-0.3, -0.25) is 0 Å². The number of halogens is 4. The van der Waals surface area contributed by atoms with E-state index in [1.165, 1.54) is 18.1 Å². The van der Waals surface area contributed by atoms with Gasteiger partial charge in [-0.25, -0.2) is 4.79 Å². The zero-order chi connectivity index (χ0) is 31.1. The largest absolute Gasteiger partial charge is 0.496 e. The first-order chi connectivity index (χ1) is 20.5. The number of nitrogens with two attached hydrogens (primary N) is 1. The van der Waals surface area contributed by atoms with Gasteiger partial charge >= 0.3 is 12.3 Å². The van der Waals surface area contributed by atoms with Gasteiger partial charge in [-0.1, -0.05) is 80.0 Å². The maximum absolute atomic E-state index is 13.9. The summed E-state index contributed by atoms with van der Waals surface area (Å²) in [5.74, 6) is 0.672. The van der Waals surface area contributed by atoms with Gasteiger partial charge in [0.15, 0.2) is 0 Å². The predicted molar refractivity (Wildman–Crippen MR) is 163 cm³/mol. The van der Waals surface area contributed by atoms with Gasteiger partial charge in [0.1, 0.15) is 12.4 Å². The maximum Gasteiger partial charge on any atom is 0.416 e. The second-order valence-corrected chi connectivity index (χ2v) is 11.0. The highest BCUT2D eigenvalue weighted by atomic mass is 35.5. The third kappa shape index (κ3) is 8.30.